The van der Waals surface area contributed by atoms with E-state index in [2.05, 4.69) is 16.9 Å². The summed E-state index contributed by atoms with van der Waals surface area (Å²) in [7, 11) is 2.14. The highest BCUT2D eigenvalue weighted by molar-refractivity contribution is 5.69. The van der Waals surface area contributed by atoms with Crippen molar-refractivity contribution in [2.24, 2.45) is 5.41 Å². The van der Waals surface area contributed by atoms with Crippen molar-refractivity contribution in [3.8, 4) is 5.75 Å². The van der Waals surface area contributed by atoms with Gasteiger partial charge in [0.1, 0.15) is 17.5 Å². The number of rotatable bonds is 2. The zero-order valence-corrected chi connectivity index (χ0v) is 16.2. The maximum absolute atomic E-state index is 12.1. The van der Waals surface area contributed by atoms with E-state index in [0.717, 1.165) is 51.2 Å². The lowest BCUT2D eigenvalue weighted by Gasteiger charge is -2.58. The Bertz CT molecular complexity index is 699. The Labute approximate surface area is 155 Å². The third kappa shape index (κ3) is 3.39. The van der Waals surface area contributed by atoms with Gasteiger partial charge in [0.25, 0.3) is 0 Å². The summed E-state index contributed by atoms with van der Waals surface area (Å²) in [5.41, 5.74) is 2.23. The monoisotopic (exact) mass is 359 g/mol. The molecule has 1 amide bonds. The molecule has 1 aromatic heterocycles. The second kappa shape index (κ2) is 6.12. The fraction of sp³-hybridized carbons (Fsp3) is 0.700. The van der Waals surface area contributed by atoms with Crippen molar-refractivity contribution in [3.05, 3.63) is 23.5 Å². The predicted octanol–water partition coefficient (Wildman–Crippen LogP) is 2.85. The zero-order chi connectivity index (χ0) is 18.5. The minimum atomic E-state index is -0.432. The minimum absolute atomic E-state index is 0.196. The number of fused-ring (bicyclic) bond motifs is 1. The SMILES string of the molecule is CN1CCc2nccc(OC3CC4(C3)CN(C(=O)OC(C)(C)C)C4)c2C1. The van der Waals surface area contributed by atoms with E-state index in [0.29, 0.717) is 0 Å². The van der Waals surface area contributed by atoms with Gasteiger partial charge in [-0.1, -0.05) is 0 Å². The molecule has 6 nitrogen and oxygen atoms in total. The molecular weight excluding hydrogens is 330 g/mol. The largest absolute Gasteiger partial charge is 0.490 e. The number of ether oxygens (including phenoxy) is 2. The van der Waals surface area contributed by atoms with Gasteiger partial charge in [0.2, 0.25) is 0 Å². The van der Waals surface area contributed by atoms with E-state index in [-0.39, 0.29) is 17.6 Å². The van der Waals surface area contributed by atoms with Crippen LogP contribution in [0.1, 0.15) is 44.9 Å². The summed E-state index contributed by atoms with van der Waals surface area (Å²) in [5.74, 6) is 0.990. The molecule has 3 aliphatic rings. The van der Waals surface area contributed by atoms with Crippen LogP contribution in [0.2, 0.25) is 0 Å². The van der Waals surface area contributed by atoms with Crippen LogP contribution in [0.3, 0.4) is 0 Å². The molecule has 26 heavy (non-hydrogen) atoms. The second-order valence-corrected chi connectivity index (χ2v) is 9.21. The van der Waals surface area contributed by atoms with Crippen LogP contribution in [0.5, 0.6) is 5.75 Å². The van der Waals surface area contributed by atoms with Gasteiger partial charge < -0.3 is 19.3 Å². The molecule has 3 heterocycles. The third-order valence-electron chi connectivity index (χ3n) is 5.58. The third-order valence-corrected chi connectivity index (χ3v) is 5.58. The molecule has 2 fully saturated rings. The molecule has 1 aliphatic carbocycles. The maximum atomic E-state index is 12.1. The van der Waals surface area contributed by atoms with Crippen LogP contribution < -0.4 is 4.74 Å². The molecule has 6 heteroatoms. The van der Waals surface area contributed by atoms with E-state index in [1.165, 1.54) is 11.3 Å². The lowest BCUT2D eigenvalue weighted by Crippen LogP contribution is -2.66. The Kier molecular flexibility index (Phi) is 4.14. The Morgan fingerprint density at radius 3 is 2.73 bits per heavy atom. The van der Waals surface area contributed by atoms with Crippen molar-refractivity contribution in [1.29, 1.82) is 0 Å². The van der Waals surface area contributed by atoms with Crippen molar-refractivity contribution in [2.75, 3.05) is 26.7 Å². The Morgan fingerprint density at radius 2 is 2.04 bits per heavy atom. The molecule has 1 saturated heterocycles. The lowest BCUT2D eigenvalue weighted by atomic mass is 9.62. The van der Waals surface area contributed by atoms with Crippen molar-refractivity contribution < 1.29 is 14.3 Å². The number of carbonyl (C=O) groups excluding carboxylic acids is 1. The molecule has 1 spiro atoms. The normalized spacial score (nSPS) is 22.4. The van der Waals surface area contributed by atoms with Crippen LogP contribution in [0, 0.1) is 5.41 Å². The fourth-order valence-corrected chi connectivity index (χ4v) is 4.30. The quantitative estimate of drug-likeness (QED) is 0.813. The van der Waals surface area contributed by atoms with Crippen molar-refractivity contribution in [3.63, 3.8) is 0 Å². The summed E-state index contributed by atoms with van der Waals surface area (Å²) in [6, 6.07) is 2.00. The van der Waals surface area contributed by atoms with Gasteiger partial charge >= 0.3 is 6.09 Å². The van der Waals surface area contributed by atoms with Crippen LogP contribution >= 0.6 is 0 Å². The minimum Gasteiger partial charge on any atom is -0.490 e. The lowest BCUT2D eigenvalue weighted by molar-refractivity contribution is -0.117. The van der Waals surface area contributed by atoms with Crippen LogP contribution in [0.25, 0.3) is 0 Å². The first-order chi connectivity index (χ1) is 12.2. The number of hydrogen-bond donors (Lipinski definition) is 0. The molecular formula is C20H29N3O3. The number of hydrogen-bond acceptors (Lipinski definition) is 5. The number of nitrogens with zero attached hydrogens (tertiary/aromatic N) is 3. The molecule has 0 atom stereocenters. The van der Waals surface area contributed by atoms with Crippen LogP contribution in [-0.2, 0) is 17.7 Å². The molecule has 142 valence electrons. The molecule has 4 rings (SSSR count). The first-order valence-electron chi connectivity index (χ1n) is 9.53. The first-order valence-corrected chi connectivity index (χ1v) is 9.53. The Hall–Kier alpha value is -1.82. The van der Waals surface area contributed by atoms with Crippen LogP contribution in [0.15, 0.2) is 12.3 Å². The van der Waals surface area contributed by atoms with Gasteiger partial charge in [0, 0.05) is 55.5 Å². The molecule has 0 bridgehead atoms. The van der Waals surface area contributed by atoms with Crippen LogP contribution in [0.4, 0.5) is 4.79 Å². The van der Waals surface area contributed by atoms with E-state index >= 15 is 0 Å². The second-order valence-electron chi connectivity index (χ2n) is 9.21. The average Bonchev–Trinajstić information content (AvgIpc) is 2.46. The van der Waals surface area contributed by atoms with Gasteiger partial charge in [-0.2, -0.15) is 0 Å². The highest BCUT2D eigenvalue weighted by atomic mass is 16.6. The number of likely N-dealkylation sites (N-methyl/N-ethyl adjacent to an activating group) is 1. The molecule has 1 saturated carbocycles. The van der Waals surface area contributed by atoms with E-state index in [1.54, 1.807) is 0 Å². The van der Waals surface area contributed by atoms with Gasteiger partial charge in [-0.15, -0.1) is 0 Å². The van der Waals surface area contributed by atoms with Gasteiger partial charge in [0.05, 0.1) is 0 Å². The van der Waals surface area contributed by atoms with Crippen molar-refractivity contribution >= 4 is 6.09 Å². The molecule has 1 aromatic rings. The molecule has 0 aromatic carbocycles. The van der Waals surface area contributed by atoms with E-state index in [4.69, 9.17) is 9.47 Å². The van der Waals surface area contributed by atoms with Crippen LogP contribution in [-0.4, -0.2) is 59.3 Å². The Balaban J connectivity index is 1.30. The predicted molar refractivity (Wildman–Crippen MR) is 98.2 cm³/mol. The topological polar surface area (TPSA) is 54.9 Å². The van der Waals surface area contributed by atoms with E-state index < -0.39 is 5.60 Å². The molecule has 0 unspecified atom stereocenters. The number of likely N-dealkylation sites (tertiary alicyclic amines) is 1. The smallest absolute Gasteiger partial charge is 0.410 e. The summed E-state index contributed by atoms with van der Waals surface area (Å²) < 4.78 is 11.7. The number of carbonyl (C=O) groups is 1. The summed E-state index contributed by atoms with van der Waals surface area (Å²) in [6.07, 6.45) is 4.93. The highest BCUT2D eigenvalue weighted by Crippen LogP contribution is 2.50. The molecule has 2 aliphatic heterocycles. The van der Waals surface area contributed by atoms with Gasteiger partial charge in [-0.3, -0.25) is 4.98 Å². The molecule has 0 N–H and O–H groups in total. The summed E-state index contributed by atoms with van der Waals surface area (Å²) in [6.45, 7) is 9.25. The summed E-state index contributed by atoms with van der Waals surface area (Å²) >= 11 is 0. The standard InChI is InChI=1S/C20H29N3O3/c1-19(2,3)26-18(24)23-12-20(13-23)9-14(10-20)25-17-5-7-21-16-6-8-22(4)11-15(16)17/h5,7,14H,6,8-13H2,1-4H3. The molecule has 0 radical (unpaired) electrons. The van der Waals surface area contributed by atoms with E-state index in [1.807, 2.05) is 37.9 Å². The number of amides is 1. The Morgan fingerprint density at radius 1 is 1.31 bits per heavy atom. The fourth-order valence-electron chi connectivity index (χ4n) is 4.30. The maximum Gasteiger partial charge on any atom is 0.410 e. The van der Waals surface area contributed by atoms with Gasteiger partial charge in [-0.25, -0.2) is 4.79 Å². The summed E-state index contributed by atoms with van der Waals surface area (Å²) in [5, 5.41) is 0. The van der Waals surface area contributed by atoms with Gasteiger partial charge in [0.15, 0.2) is 0 Å². The van der Waals surface area contributed by atoms with E-state index in [9.17, 15) is 4.79 Å². The van der Waals surface area contributed by atoms with Crippen molar-refractivity contribution in [2.45, 2.75) is 58.3 Å². The van der Waals surface area contributed by atoms with Crippen molar-refractivity contribution in [1.82, 2.24) is 14.8 Å². The average molecular weight is 359 g/mol. The number of pyridine rings is 1. The zero-order valence-electron chi connectivity index (χ0n) is 16.2. The number of aromatic nitrogens is 1. The van der Waals surface area contributed by atoms with Gasteiger partial charge in [-0.05, 0) is 46.7 Å². The first kappa shape index (κ1) is 17.6. The summed E-state index contributed by atoms with van der Waals surface area (Å²) in [4.78, 5) is 20.7. The highest BCUT2D eigenvalue weighted by Gasteiger charge is 2.55.